The van der Waals surface area contributed by atoms with E-state index in [1.165, 1.54) is 12.8 Å². The van der Waals surface area contributed by atoms with Crippen molar-refractivity contribution in [3.05, 3.63) is 6.42 Å². The summed E-state index contributed by atoms with van der Waals surface area (Å²) in [5.41, 5.74) is 0. The van der Waals surface area contributed by atoms with Gasteiger partial charge in [-0.1, -0.05) is 19.8 Å². The maximum absolute atomic E-state index is 6.53. The summed E-state index contributed by atoms with van der Waals surface area (Å²) in [7, 11) is 0. The summed E-state index contributed by atoms with van der Waals surface area (Å²) in [6.07, 6.45) is 11.0. The van der Waals surface area contributed by atoms with Crippen molar-refractivity contribution in [3.8, 4) is 5.92 Å². The molecule has 0 N–H and O–H groups in total. The summed E-state index contributed by atoms with van der Waals surface area (Å²) in [6, 6.07) is 0. The first kappa shape index (κ1) is 16.3. The van der Waals surface area contributed by atoms with E-state index in [4.69, 9.17) is 6.42 Å². The predicted molar refractivity (Wildman–Crippen MR) is 31.3 cm³/mol. The molecule has 0 fully saturated rings. The first-order valence-electron chi connectivity index (χ1n) is 2.81. The molecule has 0 aliphatic rings. The van der Waals surface area contributed by atoms with Crippen molar-refractivity contribution in [1.29, 1.82) is 0 Å². The summed E-state index contributed by atoms with van der Waals surface area (Å²) in [5, 5.41) is 0. The van der Waals surface area contributed by atoms with E-state index in [0.29, 0.717) is 0 Å². The van der Waals surface area contributed by atoms with Crippen molar-refractivity contribution < 1.29 is 36.5 Å². The molecule has 0 unspecified atom stereocenters. The molecule has 48 valence electrons. The molecule has 0 nitrogen and oxygen atoms in total. The zero-order valence-electron chi connectivity index (χ0n) is 5.91. The third-order valence-corrected chi connectivity index (χ3v) is 0.905. The van der Waals surface area contributed by atoms with Crippen molar-refractivity contribution in [2.75, 3.05) is 0 Å². The van der Waals surface area contributed by atoms with Gasteiger partial charge in [-0.3, -0.25) is 0 Å². The Balaban J connectivity index is -0.000000180. The summed E-state index contributed by atoms with van der Waals surface area (Å²) >= 11 is 0. The Bertz CT molecular complexity index is 65.8. The second kappa shape index (κ2) is 15.9. The van der Waals surface area contributed by atoms with Crippen LogP contribution >= 0.6 is 0 Å². The standard InChI is InChI=1S/C7H11.BrH.Zn/c1-3-5-7-6-4-2;;/h3,5-7H2,1H3;1H;/q-1;;+2/p-1. The number of rotatable bonds is 3. The van der Waals surface area contributed by atoms with Gasteiger partial charge in [-0.2, -0.15) is 0 Å². The number of halogens is 1. The molecule has 0 spiro atoms. The van der Waals surface area contributed by atoms with Gasteiger partial charge in [-0.25, -0.2) is 0 Å². The topological polar surface area (TPSA) is 0 Å². The molecule has 2 heteroatoms. The molecule has 0 saturated heterocycles. The van der Waals surface area contributed by atoms with E-state index in [1.54, 1.807) is 0 Å². The van der Waals surface area contributed by atoms with Crippen molar-refractivity contribution in [3.63, 3.8) is 0 Å². The maximum atomic E-state index is 6.53. The molecule has 0 amide bonds. The third-order valence-electron chi connectivity index (χ3n) is 0.905. The Morgan fingerprint density at radius 1 is 1.33 bits per heavy atom. The Kier molecular flexibility index (Phi) is 28.8. The van der Waals surface area contributed by atoms with Gasteiger partial charge < -0.3 is 29.3 Å². The molecule has 9 heavy (non-hydrogen) atoms. The third kappa shape index (κ3) is 17.7. The quantitative estimate of drug-likeness (QED) is 0.261. The van der Waals surface area contributed by atoms with E-state index in [-0.39, 0.29) is 36.5 Å². The van der Waals surface area contributed by atoms with Crippen LogP contribution in [0.25, 0.3) is 0 Å². The maximum Gasteiger partial charge on any atom is 2.00 e. The molecule has 0 bridgehead atoms. The summed E-state index contributed by atoms with van der Waals surface area (Å²) in [6.45, 7) is 2.16. The second-order valence-corrected chi connectivity index (χ2v) is 1.63. The van der Waals surface area contributed by atoms with E-state index in [1.807, 2.05) is 0 Å². The Morgan fingerprint density at radius 3 is 2.22 bits per heavy atom. The average Bonchev–Trinajstić information content (AvgIpc) is 1.69. The van der Waals surface area contributed by atoms with E-state index in [9.17, 15) is 0 Å². The fourth-order valence-corrected chi connectivity index (χ4v) is 0.463. The molecule has 0 aromatic carbocycles. The van der Waals surface area contributed by atoms with Crippen LogP contribution in [0.15, 0.2) is 0 Å². The van der Waals surface area contributed by atoms with E-state index < -0.39 is 0 Å². The summed E-state index contributed by atoms with van der Waals surface area (Å²) in [4.78, 5) is 0. The minimum Gasteiger partial charge on any atom is -1.00 e. The van der Waals surface area contributed by atoms with Crippen molar-refractivity contribution in [2.45, 2.75) is 32.6 Å². The van der Waals surface area contributed by atoms with E-state index in [0.717, 1.165) is 12.8 Å². The Morgan fingerprint density at radius 2 is 1.89 bits per heavy atom. The van der Waals surface area contributed by atoms with Gasteiger partial charge >= 0.3 is 19.5 Å². The molecule has 0 radical (unpaired) electrons. The molecule has 0 heterocycles. The van der Waals surface area contributed by atoms with Crippen molar-refractivity contribution in [1.82, 2.24) is 0 Å². The zero-order valence-corrected chi connectivity index (χ0v) is 10.5. The monoisotopic (exact) mass is 238 g/mol. The second-order valence-electron chi connectivity index (χ2n) is 1.63. The van der Waals surface area contributed by atoms with Gasteiger partial charge in [0.15, 0.2) is 0 Å². The van der Waals surface area contributed by atoms with Crippen molar-refractivity contribution >= 4 is 0 Å². The molecular weight excluding hydrogens is 229 g/mol. The fraction of sp³-hybridized carbons (Fsp3) is 0.714. The SMILES string of the molecule is [Br-].[C-]#CCCCCC.[Zn+2]. The van der Waals surface area contributed by atoms with Crippen molar-refractivity contribution in [2.24, 2.45) is 0 Å². The number of unbranched alkanes of at least 4 members (excludes halogenated alkanes) is 3. The van der Waals surface area contributed by atoms with E-state index in [2.05, 4.69) is 12.8 Å². The zero-order chi connectivity index (χ0) is 5.54. The van der Waals surface area contributed by atoms with Crippen LogP contribution in [0.1, 0.15) is 32.6 Å². The number of hydrogen-bond acceptors (Lipinski definition) is 0. The van der Waals surface area contributed by atoms with Gasteiger partial charge in [0.05, 0.1) is 0 Å². The van der Waals surface area contributed by atoms with Crippen LogP contribution in [0.3, 0.4) is 0 Å². The molecule has 0 saturated carbocycles. The molecule has 0 aromatic heterocycles. The summed E-state index contributed by atoms with van der Waals surface area (Å²) in [5.74, 6) is 2.35. The van der Waals surface area contributed by atoms with Gasteiger partial charge in [0.2, 0.25) is 0 Å². The molecule has 0 aromatic rings. The predicted octanol–water partition coefficient (Wildman–Crippen LogP) is -0.842. The van der Waals surface area contributed by atoms with Gasteiger partial charge in [0, 0.05) is 0 Å². The van der Waals surface area contributed by atoms with Crippen LogP contribution in [0.2, 0.25) is 0 Å². The van der Waals surface area contributed by atoms with Crippen LogP contribution in [-0.2, 0) is 19.5 Å². The van der Waals surface area contributed by atoms with Gasteiger partial charge in [-0.05, 0) is 12.8 Å². The smallest absolute Gasteiger partial charge is 1.00 e. The number of hydrogen-bond donors (Lipinski definition) is 0. The van der Waals surface area contributed by atoms with E-state index >= 15 is 0 Å². The van der Waals surface area contributed by atoms with Crippen LogP contribution in [-0.4, -0.2) is 0 Å². The average molecular weight is 240 g/mol. The fourth-order valence-electron chi connectivity index (χ4n) is 0.463. The largest absolute Gasteiger partial charge is 2.00 e. The minimum absolute atomic E-state index is 0. The minimum atomic E-state index is 0. The van der Waals surface area contributed by atoms with Gasteiger partial charge in [0.25, 0.3) is 0 Å². The first-order valence-corrected chi connectivity index (χ1v) is 2.81. The molecule has 0 atom stereocenters. The van der Waals surface area contributed by atoms with Crippen LogP contribution in [0, 0.1) is 12.3 Å². The van der Waals surface area contributed by atoms with Crippen LogP contribution in [0.4, 0.5) is 0 Å². The first-order chi connectivity index (χ1) is 3.41. The normalized spacial score (nSPS) is 6.22. The molecule has 0 aliphatic carbocycles. The molecule has 0 aliphatic heterocycles. The Hall–Kier alpha value is 0.663. The Labute approximate surface area is 81.3 Å². The van der Waals surface area contributed by atoms with Gasteiger partial charge in [0.1, 0.15) is 0 Å². The van der Waals surface area contributed by atoms with Gasteiger partial charge in [-0.15, -0.1) is 0 Å². The van der Waals surface area contributed by atoms with Crippen LogP contribution < -0.4 is 17.0 Å². The summed E-state index contributed by atoms with van der Waals surface area (Å²) < 4.78 is 0. The molecule has 0 rings (SSSR count). The molecular formula is C7H11BrZn. The van der Waals surface area contributed by atoms with Crippen LogP contribution in [0.5, 0.6) is 0 Å².